The standard InChI is InChI=1S/C10H11ClN2O/c1-6-5-12-9-7(11)3-2-4-8(9)13-10(6)14/h2-4,6,12H,5H2,1H3,(H,13,14). The Kier molecular flexibility index (Phi) is 2.33. The number of nitrogens with one attached hydrogen (secondary N) is 2. The predicted molar refractivity (Wildman–Crippen MR) is 57.7 cm³/mol. The van der Waals surface area contributed by atoms with Crippen LogP contribution in [0.5, 0.6) is 0 Å². The lowest BCUT2D eigenvalue weighted by Gasteiger charge is -2.08. The van der Waals surface area contributed by atoms with E-state index in [-0.39, 0.29) is 11.8 Å². The lowest BCUT2D eigenvalue weighted by Crippen LogP contribution is -2.22. The number of halogens is 1. The fourth-order valence-corrected chi connectivity index (χ4v) is 1.65. The number of amides is 1. The molecule has 1 aromatic rings. The van der Waals surface area contributed by atoms with Gasteiger partial charge in [-0.05, 0) is 12.1 Å². The highest BCUT2D eigenvalue weighted by Gasteiger charge is 2.20. The molecule has 0 aliphatic carbocycles. The Hall–Kier alpha value is -1.22. The topological polar surface area (TPSA) is 41.1 Å². The van der Waals surface area contributed by atoms with Crippen molar-refractivity contribution in [2.45, 2.75) is 6.92 Å². The average Bonchev–Trinajstić information content (AvgIpc) is 2.29. The van der Waals surface area contributed by atoms with Crippen LogP contribution in [0.4, 0.5) is 11.4 Å². The molecular weight excluding hydrogens is 200 g/mol. The predicted octanol–water partition coefficient (Wildman–Crippen LogP) is 2.34. The maximum Gasteiger partial charge on any atom is 0.229 e. The molecule has 1 atom stereocenters. The third kappa shape index (κ3) is 1.55. The van der Waals surface area contributed by atoms with Gasteiger partial charge in [-0.15, -0.1) is 0 Å². The summed E-state index contributed by atoms with van der Waals surface area (Å²) in [5.74, 6) is -0.0167. The SMILES string of the molecule is CC1CNc2c(Cl)cccc2NC1=O. The largest absolute Gasteiger partial charge is 0.381 e. The summed E-state index contributed by atoms with van der Waals surface area (Å²) in [6.07, 6.45) is 0. The van der Waals surface area contributed by atoms with Crippen molar-refractivity contribution in [3.63, 3.8) is 0 Å². The molecule has 1 aliphatic rings. The van der Waals surface area contributed by atoms with Crippen LogP contribution >= 0.6 is 11.6 Å². The van der Waals surface area contributed by atoms with Crippen LogP contribution in [0.1, 0.15) is 6.92 Å². The van der Waals surface area contributed by atoms with Crippen molar-refractivity contribution < 1.29 is 4.79 Å². The molecule has 4 heteroatoms. The first-order valence-corrected chi connectivity index (χ1v) is 4.89. The number of fused-ring (bicyclic) bond motifs is 1. The van der Waals surface area contributed by atoms with E-state index >= 15 is 0 Å². The maximum atomic E-state index is 11.5. The molecular formula is C10H11ClN2O. The fraction of sp³-hybridized carbons (Fsp3) is 0.300. The summed E-state index contributed by atoms with van der Waals surface area (Å²) in [6, 6.07) is 5.46. The summed E-state index contributed by atoms with van der Waals surface area (Å²) < 4.78 is 0. The van der Waals surface area contributed by atoms with Gasteiger partial charge in [0.25, 0.3) is 0 Å². The highest BCUT2D eigenvalue weighted by Crippen LogP contribution is 2.32. The molecule has 0 fully saturated rings. The third-order valence-electron chi connectivity index (χ3n) is 2.30. The minimum absolute atomic E-state index is 0.0264. The van der Waals surface area contributed by atoms with Gasteiger partial charge in [0.05, 0.1) is 22.3 Å². The molecule has 0 spiro atoms. The van der Waals surface area contributed by atoms with Crippen LogP contribution in [0, 0.1) is 5.92 Å². The minimum Gasteiger partial charge on any atom is -0.381 e. The molecule has 0 radical (unpaired) electrons. The fourth-order valence-electron chi connectivity index (χ4n) is 1.41. The molecule has 2 rings (SSSR count). The normalized spacial score (nSPS) is 20.4. The van der Waals surface area contributed by atoms with Crippen LogP contribution in [-0.4, -0.2) is 12.5 Å². The van der Waals surface area contributed by atoms with E-state index in [1.165, 1.54) is 0 Å². The summed E-state index contributed by atoms with van der Waals surface area (Å²) in [5, 5.41) is 6.62. The molecule has 0 aromatic heterocycles. The van der Waals surface area contributed by atoms with Gasteiger partial charge in [-0.2, -0.15) is 0 Å². The van der Waals surface area contributed by atoms with Gasteiger partial charge in [0.15, 0.2) is 0 Å². The van der Waals surface area contributed by atoms with Gasteiger partial charge in [0, 0.05) is 6.54 Å². The Balaban J connectivity index is 2.42. The number of hydrogen-bond donors (Lipinski definition) is 2. The van der Waals surface area contributed by atoms with E-state index in [1.807, 2.05) is 19.1 Å². The zero-order valence-corrected chi connectivity index (χ0v) is 8.56. The van der Waals surface area contributed by atoms with Crippen molar-refractivity contribution in [2.75, 3.05) is 17.2 Å². The highest BCUT2D eigenvalue weighted by atomic mass is 35.5. The lowest BCUT2D eigenvalue weighted by molar-refractivity contribution is -0.118. The summed E-state index contributed by atoms with van der Waals surface area (Å²) in [6.45, 7) is 2.49. The van der Waals surface area contributed by atoms with Crippen LogP contribution in [0.3, 0.4) is 0 Å². The Morgan fingerprint density at radius 2 is 2.29 bits per heavy atom. The van der Waals surface area contributed by atoms with E-state index in [0.717, 1.165) is 11.4 Å². The first-order valence-electron chi connectivity index (χ1n) is 4.51. The number of carbonyl (C=O) groups excluding carboxylic acids is 1. The van der Waals surface area contributed by atoms with Gasteiger partial charge in [-0.25, -0.2) is 0 Å². The van der Waals surface area contributed by atoms with Crippen LogP contribution in [0.25, 0.3) is 0 Å². The molecule has 1 aliphatic heterocycles. The Bertz CT molecular complexity index is 378. The summed E-state index contributed by atoms with van der Waals surface area (Å²) in [7, 11) is 0. The molecule has 14 heavy (non-hydrogen) atoms. The van der Waals surface area contributed by atoms with Crippen LogP contribution < -0.4 is 10.6 Å². The van der Waals surface area contributed by atoms with Crippen LogP contribution in [0.15, 0.2) is 18.2 Å². The van der Waals surface area contributed by atoms with E-state index in [1.54, 1.807) is 6.07 Å². The van der Waals surface area contributed by atoms with Crippen molar-refractivity contribution in [1.82, 2.24) is 0 Å². The van der Waals surface area contributed by atoms with Crippen molar-refractivity contribution in [3.05, 3.63) is 23.2 Å². The zero-order chi connectivity index (χ0) is 10.1. The third-order valence-corrected chi connectivity index (χ3v) is 2.62. The molecule has 1 amide bonds. The zero-order valence-electron chi connectivity index (χ0n) is 7.80. The van der Waals surface area contributed by atoms with E-state index in [0.29, 0.717) is 11.6 Å². The summed E-state index contributed by atoms with van der Waals surface area (Å²) >= 11 is 6.00. The summed E-state index contributed by atoms with van der Waals surface area (Å²) in [4.78, 5) is 11.5. The van der Waals surface area contributed by atoms with Gasteiger partial charge in [0.1, 0.15) is 0 Å². The molecule has 1 unspecified atom stereocenters. The van der Waals surface area contributed by atoms with Gasteiger partial charge >= 0.3 is 0 Å². The van der Waals surface area contributed by atoms with Gasteiger partial charge in [-0.1, -0.05) is 24.6 Å². The number of benzene rings is 1. The first kappa shape index (κ1) is 9.34. The molecule has 0 saturated heterocycles. The molecule has 0 saturated carbocycles. The molecule has 0 bridgehead atoms. The van der Waals surface area contributed by atoms with E-state index in [9.17, 15) is 4.79 Å². The molecule has 2 N–H and O–H groups in total. The molecule has 3 nitrogen and oxygen atoms in total. The number of anilines is 2. The molecule has 1 aromatic carbocycles. The second-order valence-corrected chi connectivity index (χ2v) is 3.84. The quantitative estimate of drug-likeness (QED) is 0.690. The van der Waals surface area contributed by atoms with Gasteiger partial charge in [-0.3, -0.25) is 4.79 Å². The number of para-hydroxylation sites is 1. The Labute approximate surface area is 87.4 Å². The minimum atomic E-state index is -0.0431. The monoisotopic (exact) mass is 210 g/mol. The van der Waals surface area contributed by atoms with Crippen molar-refractivity contribution in [1.29, 1.82) is 0 Å². The second-order valence-electron chi connectivity index (χ2n) is 3.43. The number of hydrogen-bond acceptors (Lipinski definition) is 2. The van der Waals surface area contributed by atoms with Gasteiger partial charge in [0.2, 0.25) is 5.91 Å². The second kappa shape index (κ2) is 3.50. The Morgan fingerprint density at radius 1 is 1.50 bits per heavy atom. The van der Waals surface area contributed by atoms with Crippen LogP contribution in [0.2, 0.25) is 5.02 Å². The Morgan fingerprint density at radius 3 is 3.07 bits per heavy atom. The van der Waals surface area contributed by atoms with Gasteiger partial charge < -0.3 is 10.6 Å². The van der Waals surface area contributed by atoms with E-state index < -0.39 is 0 Å². The van der Waals surface area contributed by atoms with Crippen molar-refractivity contribution >= 4 is 28.9 Å². The van der Waals surface area contributed by atoms with Crippen molar-refractivity contribution in [3.8, 4) is 0 Å². The smallest absolute Gasteiger partial charge is 0.229 e. The van der Waals surface area contributed by atoms with E-state index in [2.05, 4.69) is 10.6 Å². The average molecular weight is 211 g/mol. The van der Waals surface area contributed by atoms with E-state index in [4.69, 9.17) is 11.6 Å². The highest BCUT2D eigenvalue weighted by molar-refractivity contribution is 6.34. The number of carbonyl (C=O) groups is 1. The summed E-state index contributed by atoms with van der Waals surface area (Å²) in [5.41, 5.74) is 1.57. The lowest BCUT2D eigenvalue weighted by atomic mass is 10.2. The molecule has 1 heterocycles. The first-order chi connectivity index (χ1) is 6.68. The number of rotatable bonds is 0. The maximum absolute atomic E-state index is 11.5. The van der Waals surface area contributed by atoms with Crippen molar-refractivity contribution in [2.24, 2.45) is 5.92 Å². The molecule has 74 valence electrons. The van der Waals surface area contributed by atoms with Crippen LogP contribution in [-0.2, 0) is 4.79 Å².